The lowest BCUT2D eigenvalue weighted by Gasteiger charge is -2.21. The first-order chi connectivity index (χ1) is 16.3. The SMILES string of the molecule is CC(CCNC(=O)OCC1c2ccccc2-c2ccccc21)CC(=O)N[C@H](CC(=O)O)C(C)C. The van der Waals surface area contributed by atoms with E-state index in [1.807, 2.05) is 45.0 Å². The highest BCUT2D eigenvalue weighted by molar-refractivity contribution is 5.79. The third-order valence-corrected chi connectivity index (χ3v) is 6.33. The number of carbonyl (C=O) groups is 3. The molecule has 2 aromatic rings. The molecule has 0 aromatic heterocycles. The van der Waals surface area contributed by atoms with Gasteiger partial charge in [-0.2, -0.15) is 0 Å². The molecule has 2 amide bonds. The Morgan fingerprint density at radius 2 is 1.53 bits per heavy atom. The lowest BCUT2D eigenvalue weighted by atomic mass is 9.98. The van der Waals surface area contributed by atoms with Crippen LogP contribution < -0.4 is 10.6 Å². The van der Waals surface area contributed by atoms with Crippen molar-refractivity contribution in [1.82, 2.24) is 10.6 Å². The second-order valence-electron chi connectivity index (χ2n) is 9.37. The monoisotopic (exact) mass is 466 g/mol. The summed E-state index contributed by atoms with van der Waals surface area (Å²) >= 11 is 0. The van der Waals surface area contributed by atoms with E-state index in [0.717, 1.165) is 0 Å². The Balaban J connectivity index is 1.41. The van der Waals surface area contributed by atoms with Gasteiger partial charge in [-0.1, -0.05) is 69.3 Å². The van der Waals surface area contributed by atoms with Crippen LogP contribution in [0.4, 0.5) is 4.79 Å². The first kappa shape index (κ1) is 25.3. The minimum Gasteiger partial charge on any atom is -0.481 e. The zero-order chi connectivity index (χ0) is 24.7. The number of nitrogens with one attached hydrogen (secondary N) is 2. The molecule has 1 aliphatic rings. The zero-order valence-electron chi connectivity index (χ0n) is 20.0. The van der Waals surface area contributed by atoms with Crippen LogP contribution in [-0.4, -0.2) is 42.3 Å². The van der Waals surface area contributed by atoms with Crippen molar-refractivity contribution in [3.05, 3.63) is 59.7 Å². The van der Waals surface area contributed by atoms with Gasteiger partial charge in [0.25, 0.3) is 0 Å². The molecule has 3 N–H and O–H groups in total. The number of alkyl carbamates (subject to hydrolysis) is 1. The molecule has 1 aliphatic carbocycles. The van der Waals surface area contributed by atoms with E-state index in [4.69, 9.17) is 9.84 Å². The van der Waals surface area contributed by atoms with Crippen LogP contribution in [0, 0.1) is 11.8 Å². The first-order valence-corrected chi connectivity index (χ1v) is 11.9. The van der Waals surface area contributed by atoms with Gasteiger partial charge in [0.1, 0.15) is 6.61 Å². The summed E-state index contributed by atoms with van der Waals surface area (Å²) in [6, 6.07) is 16.0. The Kier molecular flexibility index (Phi) is 8.68. The fourth-order valence-electron chi connectivity index (χ4n) is 4.40. The second-order valence-corrected chi connectivity index (χ2v) is 9.37. The Labute approximate surface area is 200 Å². The molecule has 1 unspecified atom stereocenters. The van der Waals surface area contributed by atoms with Crippen LogP contribution in [0.3, 0.4) is 0 Å². The molecule has 0 radical (unpaired) electrons. The molecule has 0 saturated carbocycles. The number of fused-ring (bicyclic) bond motifs is 3. The molecule has 0 heterocycles. The quantitative estimate of drug-likeness (QED) is 0.450. The first-order valence-electron chi connectivity index (χ1n) is 11.9. The molecule has 0 saturated heterocycles. The van der Waals surface area contributed by atoms with E-state index in [-0.39, 0.29) is 43.1 Å². The minimum absolute atomic E-state index is 0.0143. The summed E-state index contributed by atoms with van der Waals surface area (Å²) in [4.78, 5) is 35.5. The Hall–Kier alpha value is -3.35. The summed E-state index contributed by atoms with van der Waals surface area (Å²) in [7, 11) is 0. The third-order valence-electron chi connectivity index (χ3n) is 6.33. The van der Waals surface area contributed by atoms with Gasteiger partial charge in [-0.25, -0.2) is 4.79 Å². The van der Waals surface area contributed by atoms with Crippen LogP contribution in [0.2, 0.25) is 0 Å². The Morgan fingerprint density at radius 1 is 0.941 bits per heavy atom. The molecular formula is C27H34N2O5. The number of hydrogen-bond acceptors (Lipinski definition) is 4. The molecular weight excluding hydrogens is 432 g/mol. The number of hydrogen-bond donors (Lipinski definition) is 3. The van der Waals surface area contributed by atoms with Crippen LogP contribution in [0.25, 0.3) is 11.1 Å². The van der Waals surface area contributed by atoms with E-state index >= 15 is 0 Å². The molecule has 0 spiro atoms. The number of ether oxygens (including phenoxy) is 1. The van der Waals surface area contributed by atoms with Crippen molar-refractivity contribution in [2.45, 2.75) is 52.0 Å². The fraction of sp³-hybridized carbons (Fsp3) is 0.444. The topological polar surface area (TPSA) is 105 Å². The molecule has 0 aliphatic heterocycles. The maximum atomic E-state index is 12.3. The van der Waals surface area contributed by atoms with Crippen LogP contribution in [0.5, 0.6) is 0 Å². The zero-order valence-corrected chi connectivity index (χ0v) is 20.0. The molecule has 0 fully saturated rings. The van der Waals surface area contributed by atoms with E-state index in [0.29, 0.717) is 13.0 Å². The maximum Gasteiger partial charge on any atom is 0.407 e. The Morgan fingerprint density at radius 3 is 2.09 bits per heavy atom. The van der Waals surface area contributed by atoms with Gasteiger partial charge >= 0.3 is 12.1 Å². The fourth-order valence-corrected chi connectivity index (χ4v) is 4.40. The number of amides is 2. The highest BCUT2D eigenvalue weighted by atomic mass is 16.5. The smallest absolute Gasteiger partial charge is 0.407 e. The van der Waals surface area contributed by atoms with E-state index in [2.05, 4.69) is 34.9 Å². The number of rotatable bonds is 11. The van der Waals surface area contributed by atoms with E-state index in [1.54, 1.807) is 0 Å². The largest absolute Gasteiger partial charge is 0.481 e. The number of carboxylic acids is 1. The van der Waals surface area contributed by atoms with Crippen molar-refractivity contribution < 1.29 is 24.2 Å². The average Bonchev–Trinajstić information content (AvgIpc) is 3.10. The normalized spacial score (nSPS) is 14.1. The summed E-state index contributed by atoms with van der Waals surface area (Å²) in [5.74, 6) is -1.02. The maximum absolute atomic E-state index is 12.3. The van der Waals surface area contributed by atoms with Crippen molar-refractivity contribution in [3.63, 3.8) is 0 Å². The van der Waals surface area contributed by atoms with Gasteiger partial charge < -0.3 is 20.5 Å². The highest BCUT2D eigenvalue weighted by Gasteiger charge is 2.29. The van der Waals surface area contributed by atoms with Crippen molar-refractivity contribution >= 4 is 18.0 Å². The van der Waals surface area contributed by atoms with Gasteiger partial charge in [0.2, 0.25) is 5.91 Å². The minimum atomic E-state index is -0.931. The highest BCUT2D eigenvalue weighted by Crippen LogP contribution is 2.44. The Bertz CT molecular complexity index is 974. The number of benzene rings is 2. The lowest BCUT2D eigenvalue weighted by Crippen LogP contribution is -2.40. The molecule has 2 atom stereocenters. The summed E-state index contributed by atoms with van der Waals surface area (Å²) in [5.41, 5.74) is 4.70. The van der Waals surface area contributed by atoms with Gasteiger partial charge in [0.05, 0.1) is 6.42 Å². The number of carbonyl (C=O) groups excluding carboxylic acids is 2. The van der Waals surface area contributed by atoms with Crippen molar-refractivity contribution in [1.29, 1.82) is 0 Å². The summed E-state index contributed by atoms with van der Waals surface area (Å²) in [6.07, 6.45) is 0.319. The van der Waals surface area contributed by atoms with E-state index in [9.17, 15) is 14.4 Å². The number of carboxylic acid groups (broad SMARTS) is 1. The molecule has 2 aromatic carbocycles. The average molecular weight is 467 g/mol. The van der Waals surface area contributed by atoms with Gasteiger partial charge in [-0.3, -0.25) is 9.59 Å². The van der Waals surface area contributed by atoms with Crippen molar-refractivity contribution in [3.8, 4) is 11.1 Å². The summed E-state index contributed by atoms with van der Waals surface area (Å²) < 4.78 is 5.53. The lowest BCUT2D eigenvalue weighted by molar-refractivity contribution is -0.138. The second kappa shape index (κ2) is 11.7. The predicted molar refractivity (Wildman–Crippen MR) is 130 cm³/mol. The van der Waals surface area contributed by atoms with Crippen LogP contribution in [0.15, 0.2) is 48.5 Å². The van der Waals surface area contributed by atoms with Crippen molar-refractivity contribution in [2.24, 2.45) is 11.8 Å². The van der Waals surface area contributed by atoms with Crippen molar-refractivity contribution in [2.75, 3.05) is 13.2 Å². The molecule has 34 heavy (non-hydrogen) atoms. The predicted octanol–water partition coefficient (Wildman–Crippen LogP) is 4.56. The van der Waals surface area contributed by atoms with E-state index < -0.39 is 18.1 Å². The van der Waals surface area contributed by atoms with Gasteiger partial charge in [-0.15, -0.1) is 0 Å². The van der Waals surface area contributed by atoms with Crippen LogP contribution in [0.1, 0.15) is 57.1 Å². The molecule has 7 heteroatoms. The molecule has 7 nitrogen and oxygen atoms in total. The van der Waals surface area contributed by atoms with Crippen LogP contribution in [-0.2, 0) is 14.3 Å². The summed E-state index contributed by atoms with van der Waals surface area (Å²) in [6.45, 7) is 6.36. The standard InChI is InChI=1S/C27H34N2O5/c1-17(2)24(15-26(31)32)29-25(30)14-18(3)12-13-28-27(33)34-16-23-21-10-6-4-8-19(21)20-9-5-7-11-22(20)23/h4-11,17-18,23-24H,12-16H2,1-3H3,(H,28,33)(H,29,30)(H,31,32)/t18?,24-/m1/s1. The number of aliphatic carboxylic acids is 1. The molecule has 182 valence electrons. The van der Waals surface area contributed by atoms with Gasteiger partial charge in [-0.05, 0) is 40.5 Å². The molecule has 0 bridgehead atoms. The van der Waals surface area contributed by atoms with Crippen LogP contribution >= 0.6 is 0 Å². The van der Waals surface area contributed by atoms with Gasteiger partial charge in [0.15, 0.2) is 0 Å². The third kappa shape index (κ3) is 6.59. The summed E-state index contributed by atoms with van der Waals surface area (Å²) in [5, 5.41) is 14.6. The van der Waals surface area contributed by atoms with E-state index in [1.165, 1.54) is 22.3 Å². The molecule has 3 rings (SSSR count). The van der Waals surface area contributed by atoms with Gasteiger partial charge in [0, 0.05) is 24.9 Å².